The molecule has 2 aliphatic rings. The van der Waals surface area contributed by atoms with Crippen molar-refractivity contribution in [2.45, 2.75) is 0 Å². The van der Waals surface area contributed by atoms with Gasteiger partial charge in [-0.3, -0.25) is 0 Å². The summed E-state index contributed by atoms with van der Waals surface area (Å²) in [6, 6.07) is 8.65. The maximum Gasteiger partial charge on any atom is 0.141 e. The summed E-state index contributed by atoms with van der Waals surface area (Å²) in [6.07, 6.45) is 0. The third-order valence-electron chi connectivity index (χ3n) is 4.72. The van der Waals surface area contributed by atoms with Crippen LogP contribution in [-0.4, -0.2) is 57.5 Å². The van der Waals surface area contributed by atoms with Crippen molar-refractivity contribution in [3.8, 4) is 5.75 Å². The van der Waals surface area contributed by atoms with Crippen LogP contribution in [0.2, 0.25) is 0 Å². The van der Waals surface area contributed by atoms with Gasteiger partial charge < -0.3 is 31.3 Å². The summed E-state index contributed by atoms with van der Waals surface area (Å²) >= 11 is 0. The maximum atomic E-state index is 12.8. The number of nitrogens with two attached hydrogens (primary N) is 1. The number of anilines is 3. The van der Waals surface area contributed by atoms with Gasteiger partial charge in [0, 0.05) is 94.2 Å². The quantitative estimate of drug-likeness (QED) is 0.456. The van der Waals surface area contributed by atoms with E-state index in [1.807, 2.05) is 4.90 Å². The van der Waals surface area contributed by atoms with Crippen molar-refractivity contribution >= 4 is 17.1 Å². The topological polar surface area (TPSA) is 80.9 Å². The van der Waals surface area contributed by atoms with Crippen molar-refractivity contribution in [2.75, 3.05) is 67.9 Å². The molecule has 0 atom stereocenters. The van der Waals surface area contributed by atoms with Crippen LogP contribution in [0.1, 0.15) is 0 Å². The third-order valence-corrected chi connectivity index (χ3v) is 4.72. The Morgan fingerprint density at radius 3 is 1.63 bits per heavy atom. The fourth-order valence-electron chi connectivity index (χ4n) is 3.27. The standard InChI is InChI=1S/C10H13FN3.C10H12FN2O.2Ac/c11-8-1-2-10(9(12)7-8)14-5-3-13-4-6-14;11-8-1-2-9(10(14)7-8)13-5-3-12-4-6-13;;/h1-2,7H,3-6,12H2;1-2,7,14H,3-6H2;;/q2*-1;;. The summed E-state index contributed by atoms with van der Waals surface area (Å²) in [4.78, 5) is 4.16. The van der Waals surface area contributed by atoms with E-state index in [1.165, 1.54) is 18.2 Å². The molecular weight excluding hydrogens is 818 g/mol. The zero-order valence-electron chi connectivity index (χ0n) is 16.8. The molecule has 0 saturated carbocycles. The minimum atomic E-state index is -0.409. The Balaban J connectivity index is 0.000000281. The van der Waals surface area contributed by atoms with E-state index in [0.29, 0.717) is 11.4 Å². The second kappa shape index (κ2) is 14.5. The predicted octanol–water partition coefficient (Wildman–Crippen LogP) is 3.33. The number of phenols is 1. The van der Waals surface area contributed by atoms with E-state index >= 15 is 0 Å². The molecule has 2 aromatic rings. The molecule has 0 aliphatic carbocycles. The minimum absolute atomic E-state index is 0. The van der Waals surface area contributed by atoms with Gasteiger partial charge in [-0.25, -0.2) is 8.78 Å². The molecule has 3 N–H and O–H groups in total. The fourth-order valence-corrected chi connectivity index (χ4v) is 3.27. The van der Waals surface area contributed by atoms with E-state index in [9.17, 15) is 13.9 Å². The molecule has 6 nitrogen and oxygen atoms in total. The third kappa shape index (κ3) is 8.34. The van der Waals surface area contributed by atoms with Crippen LogP contribution in [0.15, 0.2) is 36.4 Å². The molecule has 2 heterocycles. The van der Waals surface area contributed by atoms with E-state index < -0.39 is 5.82 Å². The Bertz CT molecular complexity index is 722. The molecule has 0 bridgehead atoms. The molecule has 158 valence electrons. The predicted molar refractivity (Wildman–Crippen MR) is 109 cm³/mol. The van der Waals surface area contributed by atoms with E-state index in [0.717, 1.165) is 64.1 Å². The van der Waals surface area contributed by atoms with Crippen LogP contribution in [0.25, 0.3) is 10.6 Å². The van der Waals surface area contributed by atoms with Crippen molar-refractivity contribution in [3.63, 3.8) is 0 Å². The van der Waals surface area contributed by atoms with Gasteiger partial charge in [-0.1, -0.05) is 0 Å². The van der Waals surface area contributed by atoms with Crippen LogP contribution in [-0.2, 0) is 0 Å². The first-order valence-electron chi connectivity index (χ1n) is 9.34. The zero-order valence-corrected chi connectivity index (χ0v) is 26.3. The molecule has 2 saturated heterocycles. The van der Waals surface area contributed by atoms with Crippen LogP contribution >= 0.6 is 0 Å². The number of halogens is 2. The number of hydrogen-bond donors (Lipinski definition) is 2. The molecule has 2 radical (unpaired) electrons. The Hall–Kier alpha value is 0.303. The van der Waals surface area contributed by atoms with Crippen molar-refractivity contribution in [1.29, 1.82) is 0 Å². The SMILES string of the molecule is Nc1cc(F)ccc1N1CC[N-]CC1.Oc1cc(F)ccc1N1CC[N-]CC1.[Ac].[Ac]. The van der Waals surface area contributed by atoms with Gasteiger partial charge in [0.25, 0.3) is 0 Å². The summed E-state index contributed by atoms with van der Waals surface area (Å²) < 4.78 is 25.5. The number of aromatic hydroxyl groups is 1. The molecule has 2 aromatic carbocycles. The Morgan fingerprint density at radius 1 is 0.733 bits per heavy atom. The van der Waals surface area contributed by atoms with E-state index in [4.69, 9.17) is 5.73 Å². The maximum absolute atomic E-state index is 12.8. The normalized spacial score (nSPS) is 15.9. The molecule has 4 rings (SSSR count). The minimum Gasteiger partial charge on any atom is -0.659 e. The van der Waals surface area contributed by atoms with Crippen LogP contribution < -0.4 is 15.5 Å². The second-order valence-electron chi connectivity index (χ2n) is 6.65. The average Bonchev–Trinajstić information content (AvgIpc) is 2.70. The number of rotatable bonds is 2. The molecule has 30 heavy (non-hydrogen) atoms. The van der Waals surface area contributed by atoms with Gasteiger partial charge in [-0.15, -0.1) is 26.2 Å². The van der Waals surface area contributed by atoms with Crippen LogP contribution in [0, 0.1) is 99.8 Å². The number of hydrogen-bond acceptors (Lipinski definition) is 4. The first kappa shape index (κ1) is 28.3. The summed E-state index contributed by atoms with van der Waals surface area (Å²) in [5.74, 6) is -0.687. The summed E-state index contributed by atoms with van der Waals surface area (Å²) in [7, 11) is 0. The molecular formula is C20H25Ac2F2N5O-2. The van der Waals surface area contributed by atoms with Gasteiger partial charge in [0.05, 0.1) is 17.1 Å². The largest absolute Gasteiger partial charge is 0.659 e. The first-order valence-corrected chi connectivity index (χ1v) is 9.34. The number of piperazine rings is 2. The molecule has 10 heteroatoms. The van der Waals surface area contributed by atoms with Crippen LogP contribution in [0.4, 0.5) is 25.8 Å². The fraction of sp³-hybridized carbons (Fsp3) is 0.400. The van der Waals surface area contributed by atoms with Gasteiger partial charge in [-0.05, 0) is 56.5 Å². The average molecular weight is 843 g/mol. The summed E-state index contributed by atoms with van der Waals surface area (Å²) in [6.45, 7) is 6.53. The first-order chi connectivity index (χ1) is 13.5. The number of phenolic OH excluding ortho intramolecular Hbond substituents is 1. The van der Waals surface area contributed by atoms with E-state index in [-0.39, 0.29) is 99.7 Å². The number of benzene rings is 2. The summed E-state index contributed by atoms with van der Waals surface area (Å²) in [5.41, 5.74) is 7.86. The smallest absolute Gasteiger partial charge is 0.141 e. The van der Waals surface area contributed by atoms with E-state index in [1.54, 1.807) is 12.1 Å². The van der Waals surface area contributed by atoms with Gasteiger partial charge in [0.15, 0.2) is 0 Å². The zero-order chi connectivity index (χ0) is 19.9. The molecule has 0 aromatic heterocycles. The van der Waals surface area contributed by atoms with Crippen molar-refractivity contribution in [2.24, 2.45) is 0 Å². The Morgan fingerprint density at radius 2 is 1.17 bits per heavy atom. The van der Waals surface area contributed by atoms with Crippen LogP contribution in [0.3, 0.4) is 0 Å². The Kier molecular flexibility index (Phi) is 13.6. The number of nitrogens with zero attached hydrogens (tertiary/aromatic N) is 4. The monoisotopic (exact) mass is 843 g/mol. The van der Waals surface area contributed by atoms with E-state index in [2.05, 4.69) is 15.5 Å². The van der Waals surface area contributed by atoms with Gasteiger partial charge in [-0.2, -0.15) is 0 Å². The van der Waals surface area contributed by atoms with Gasteiger partial charge in [0.1, 0.15) is 17.4 Å². The molecule has 0 unspecified atom stereocenters. The molecule has 2 aliphatic heterocycles. The van der Waals surface area contributed by atoms with Crippen molar-refractivity contribution in [3.05, 3.63) is 58.7 Å². The van der Waals surface area contributed by atoms with Crippen LogP contribution in [0.5, 0.6) is 5.75 Å². The van der Waals surface area contributed by atoms with Crippen molar-refractivity contribution in [1.82, 2.24) is 0 Å². The number of nitrogen functional groups attached to an aromatic ring is 1. The summed E-state index contributed by atoms with van der Waals surface area (Å²) in [5, 5.41) is 18.0. The second-order valence-corrected chi connectivity index (χ2v) is 6.65. The molecule has 2 fully saturated rings. The Labute approximate surface area is 248 Å². The van der Waals surface area contributed by atoms with Crippen molar-refractivity contribution < 1.29 is 102 Å². The molecule has 0 amide bonds. The van der Waals surface area contributed by atoms with Gasteiger partial charge in [0.2, 0.25) is 0 Å². The van der Waals surface area contributed by atoms with Gasteiger partial charge >= 0.3 is 0 Å². The molecule has 0 spiro atoms.